The Kier molecular flexibility index (Phi) is 3.08. The zero-order chi connectivity index (χ0) is 11.6. The molecule has 1 heterocycles. The molecule has 1 aliphatic heterocycles. The Hall–Kier alpha value is -1.85. The molecule has 0 spiro atoms. The summed E-state index contributed by atoms with van der Waals surface area (Å²) < 4.78 is 4.58. The fourth-order valence-electron chi connectivity index (χ4n) is 1.19. The lowest BCUT2D eigenvalue weighted by Crippen LogP contribution is -2.12. The quantitative estimate of drug-likeness (QED) is 0.511. The van der Waals surface area contributed by atoms with Gasteiger partial charge in [0, 0.05) is 6.42 Å². The molecule has 1 rings (SSSR count). The van der Waals surface area contributed by atoms with E-state index in [1.165, 1.54) is 6.92 Å². The number of esters is 1. The molecule has 6 heteroatoms. The van der Waals surface area contributed by atoms with Crippen LogP contribution in [0.25, 0.3) is 0 Å². The molecule has 0 aliphatic carbocycles. The van der Waals surface area contributed by atoms with Crippen LogP contribution >= 0.6 is 0 Å². The van der Waals surface area contributed by atoms with Crippen molar-refractivity contribution in [3.8, 4) is 0 Å². The second-order valence-electron chi connectivity index (χ2n) is 3.12. The van der Waals surface area contributed by atoms with Crippen molar-refractivity contribution in [1.29, 1.82) is 0 Å². The summed E-state index contributed by atoms with van der Waals surface area (Å²) in [6, 6.07) is 0. The van der Waals surface area contributed by atoms with Gasteiger partial charge in [0.15, 0.2) is 17.6 Å². The van der Waals surface area contributed by atoms with Gasteiger partial charge in [0.05, 0.1) is 6.42 Å². The van der Waals surface area contributed by atoms with Crippen molar-refractivity contribution in [2.75, 3.05) is 0 Å². The van der Waals surface area contributed by atoms with Gasteiger partial charge in [-0.15, -0.1) is 0 Å². The number of carbonyl (C=O) groups is 3. The van der Waals surface area contributed by atoms with Gasteiger partial charge in [-0.1, -0.05) is 0 Å². The van der Waals surface area contributed by atoms with Gasteiger partial charge in [-0.3, -0.25) is 9.59 Å². The van der Waals surface area contributed by atoms with Gasteiger partial charge in [-0.05, 0) is 6.92 Å². The zero-order valence-corrected chi connectivity index (χ0v) is 8.02. The van der Waals surface area contributed by atoms with Crippen LogP contribution in [0.3, 0.4) is 0 Å². The van der Waals surface area contributed by atoms with E-state index in [9.17, 15) is 19.5 Å². The third-order valence-electron chi connectivity index (χ3n) is 1.97. The van der Waals surface area contributed by atoms with Crippen LogP contribution in [0.1, 0.15) is 19.8 Å². The normalized spacial score (nSPS) is 20.3. The van der Waals surface area contributed by atoms with Crippen LogP contribution in [-0.4, -0.2) is 34.0 Å². The van der Waals surface area contributed by atoms with Gasteiger partial charge in [0.2, 0.25) is 0 Å². The van der Waals surface area contributed by atoms with E-state index in [-0.39, 0.29) is 12.8 Å². The molecule has 0 radical (unpaired) electrons. The van der Waals surface area contributed by atoms with Crippen molar-refractivity contribution >= 4 is 17.7 Å². The SMILES string of the molecule is C[C@H]1OC(=O)C(C(=O)CCC(=O)O)=C1O. The largest absolute Gasteiger partial charge is 0.507 e. The Morgan fingerprint density at radius 1 is 1.40 bits per heavy atom. The minimum Gasteiger partial charge on any atom is -0.507 e. The Bertz CT molecular complexity index is 354. The van der Waals surface area contributed by atoms with Crippen LogP contribution in [-0.2, 0) is 19.1 Å². The summed E-state index contributed by atoms with van der Waals surface area (Å²) in [5, 5.41) is 17.7. The van der Waals surface area contributed by atoms with Crippen molar-refractivity contribution in [1.82, 2.24) is 0 Å². The van der Waals surface area contributed by atoms with Gasteiger partial charge >= 0.3 is 11.9 Å². The number of carbonyl (C=O) groups excluding carboxylic acids is 2. The number of hydrogen-bond donors (Lipinski definition) is 2. The zero-order valence-electron chi connectivity index (χ0n) is 8.02. The molecule has 15 heavy (non-hydrogen) atoms. The first-order valence-electron chi connectivity index (χ1n) is 4.32. The fourth-order valence-corrected chi connectivity index (χ4v) is 1.19. The van der Waals surface area contributed by atoms with Crippen molar-refractivity contribution in [2.24, 2.45) is 0 Å². The molecule has 0 aromatic carbocycles. The molecule has 0 bridgehead atoms. The monoisotopic (exact) mass is 214 g/mol. The molecule has 2 N–H and O–H groups in total. The first-order chi connectivity index (χ1) is 6.93. The molecule has 6 nitrogen and oxygen atoms in total. The van der Waals surface area contributed by atoms with Crippen molar-refractivity contribution in [3.63, 3.8) is 0 Å². The van der Waals surface area contributed by atoms with Gasteiger partial charge < -0.3 is 14.9 Å². The van der Waals surface area contributed by atoms with E-state index in [0.717, 1.165) is 0 Å². The molecule has 0 saturated heterocycles. The molecule has 0 aromatic heterocycles. The first-order valence-corrected chi connectivity index (χ1v) is 4.32. The average molecular weight is 214 g/mol. The van der Waals surface area contributed by atoms with Crippen molar-refractivity contribution < 1.29 is 29.3 Å². The summed E-state index contributed by atoms with van der Waals surface area (Å²) in [5.41, 5.74) is -0.427. The molecule has 0 saturated carbocycles. The highest BCUT2D eigenvalue weighted by molar-refractivity contribution is 6.19. The number of carboxylic acids is 1. The summed E-state index contributed by atoms with van der Waals surface area (Å²) in [5.74, 6) is -3.15. The number of ketones is 1. The molecule has 82 valence electrons. The second kappa shape index (κ2) is 4.12. The highest BCUT2D eigenvalue weighted by atomic mass is 16.6. The third-order valence-corrected chi connectivity index (χ3v) is 1.97. The molecule has 1 aliphatic rings. The number of cyclic esters (lactones) is 1. The predicted molar refractivity (Wildman–Crippen MR) is 47.1 cm³/mol. The molecule has 0 amide bonds. The minimum atomic E-state index is -1.14. The van der Waals surface area contributed by atoms with E-state index >= 15 is 0 Å². The van der Waals surface area contributed by atoms with E-state index < -0.39 is 35.2 Å². The molecule has 0 unspecified atom stereocenters. The number of aliphatic hydroxyl groups is 1. The molecule has 1 atom stereocenters. The Morgan fingerprint density at radius 3 is 2.40 bits per heavy atom. The van der Waals surface area contributed by atoms with Crippen LogP contribution < -0.4 is 0 Å². The minimum absolute atomic E-state index is 0.323. The number of rotatable bonds is 4. The second-order valence-corrected chi connectivity index (χ2v) is 3.12. The van der Waals surface area contributed by atoms with E-state index in [1.807, 2.05) is 0 Å². The first kappa shape index (κ1) is 11.2. The Morgan fingerprint density at radius 2 is 2.00 bits per heavy atom. The fraction of sp³-hybridized carbons (Fsp3) is 0.444. The maximum atomic E-state index is 11.3. The van der Waals surface area contributed by atoms with E-state index in [2.05, 4.69) is 4.74 Å². The van der Waals surface area contributed by atoms with E-state index in [1.54, 1.807) is 0 Å². The summed E-state index contributed by atoms with van der Waals surface area (Å²) in [6.45, 7) is 1.42. The van der Waals surface area contributed by atoms with Gasteiger partial charge in [-0.25, -0.2) is 4.79 Å². The number of Topliss-reactive ketones (excluding diaryl/α,β-unsaturated/α-hetero) is 1. The van der Waals surface area contributed by atoms with Crippen LogP contribution in [0.2, 0.25) is 0 Å². The summed E-state index contributed by atoms with van der Waals surface area (Å²) in [7, 11) is 0. The molecule has 0 fully saturated rings. The third kappa shape index (κ3) is 2.34. The average Bonchev–Trinajstić information content (AvgIpc) is 2.37. The number of aliphatic carboxylic acids is 1. The van der Waals surface area contributed by atoms with E-state index in [4.69, 9.17) is 5.11 Å². The number of carboxylic acid groups (broad SMARTS) is 1. The maximum absolute atomic E-state index is 11.3. The summed E-state index contributed by atoms with van der Waals surface area (Å²) in [6.07, 6.45) is -1.53. The standard InChI is InChI=1S/C9H10O6/c1-4-8(13)7(9(14)15-4)5(10)2-3-6(11)12/h4,13H,2-3H2,1H3,(H,11,12)/t4-/m1/s1. The van der Waals surface area contributed by atoms with E-state index in [0.29, 0.717) is 0 Å². The molecular weight excluding hydrogens is 204 g/mol. The lowest BCUT2D eigenvalue weighted by Gasteiger charge is -1.99. The Labute approximate surface area is 85.1 Å². The van der Waals surface area contributed by atoms with Gasteiger partial charge in [-0.2, -0.15) is 0 Å². The number of hydrogen-bond acceptors (Lipinski definition) is 5. The molecular formula is C9H10O6. The summed E-state index contributed by atoms with van der Waals surface area (Å²) in [4.78, 5) is 32.6. The van der Waals surface area contributed by atoms with Crippen LogP contribution in [0, 0.1) is 0 Å². The maximum Gasteiger partial charge on any atom is 0.346 e. The smallest absolute Gasteiger partial charge is 0.346 e. The van der Waals surface area contributed by atoms with Crippen molar-refractivity contribution in [2.45, 2.75) is 25.9 Å². The predicted octanol–water partition coefficient (Wildman–Crippen LogP) is 0.178. The van der Waals surface area contributed by atoms with Gasteiger partial charge in [0.25, 0.3) is 0 Å². The highest BCUT2D eigenvalue weighted by Gasteiger charge is 2.35. The van der Waals surface area contributed by atoms with Crippen LogP contribution in [0.5, 0.6) is 0 Å². The summed E-state index contributed by atoms with van der Waals surface area (Å²) >= 11 is 0. The lowest BCUT2D eigenvalue weighted by molar-refractivity contribution is -0.142. The molecule has 0 aromatic rings. The highest BCUT2D eigenvalue weighted by Crippen LogP contribution is 2.22. The lowest BCUT2D eigenvalue weighted by atomic mass is 10.1. The number of ether oxygens (including phenoxy) is 1. The van der Waals surface area contributed by atoms with Crippen LogP contribution in [0.15, 0.2) is 11.3 Å². The van der Waals surface area contributed by atoms with Crippen LogP contribution in [0.4, 0.5) is 0 Å². The Balaban J connectivity index is 2.75. The number of aliphatic hydroxyl groups excluding tert-OH is 1. The topological polar surface area (TPSA) is 101 Å². The van der Waals surface area contributed by atoms with Crippen molar-refractivity contribution in [3.05, 3.63) is 11.3 Å². The van der Waals surface area contributed by atoms with Gasteiger partial charge in [0.1, 0.15) is 5.57 Å².